The minimum atomic E-state index is -0.939. The molecule has 194 valence electrons. The highest BCUT2D eigenvalue weighted by Crippen LogP contribution is 2.31. The maximum Gasteiger partial charge on any atom is 0.335 e. The predicted molar refractivity (Wildman–Crippen MR) is 139 cm³/mol. The second kappa shape index (κ2) is 11.3. The second-order valence-corrected chi connectivity index (χ2v) is 8.60. The first-order valence-electron chi connectivity index (χ1n) is 10.9. The van der Waals surface area contributed by atoms with Crippen molar-refractivity contribution in [3.8, 4) is 11.5 Å². The number of amides is 5. The van der Waals surface area contributed by atoms with Crippen molar-refractivity contribution in [3.63, 3.8) is 0 Å². The van der Waals surface area contributed by atoms with Gasteiger partial charge in [-0.05, 0) is 54.1 Å². The Bertz CT molecular complexity index is 1490. The van der Waals surface area contributed by atoms with Gasteiger partial charge in [0.1, 0.15) is 11.4 Å². The van der Waals surface area contributed by atoms with Crippen molar-refractivity contribution in [2.45, 2.75) is 0 Å². The minimum Gasteiger partial charge on any atom is -0.493 e. The highest BCUT2D eigenvalue weighted by molar-refractivity contribution is 6.43. The molecule has 0 aliphatic carbocycles. The lowest BCUT2D eigenvalue weighted by Gasteiger charge is -2.26. The number of imide groups is 2. The van der Waals surface area contributed by atoms with Crippen LogP contribution in [0.5, 0.6) is 11.5 Å². The SMILES string of the molecule is COc1cc(/C=C2/C(=O)NC(=O)N(c3ccc(Cl)c(Cl)c3)C2=O)ccc1OCC(=O)Nc1ccccc1F. The zero-order chi connectivity index (χ0) is 27.4. The molecule has 0 unspecified atom stereocenters. The van der Waals surface area contributed by atoms with Crippen LogP contribution in [0.1, 0.15) is 5.56 Å². The van der Waals surface area contributed by atoms with Gasteiger partial charge < -0.3 is 14.8 Å². The van der Waals surface area contributed by atoms with Crippen molar-refractivity contribution >= 4 is 64.4 Å². The van der Waals surface area contributed by atoms with Crippen LogP contribution < -0.4 is 25.0 Å². The molecule has 2 N–H and O–H groups in total. The van der Waals surface area contributed by atoms with Gasteiger partial charge in [-0.15, -0.1) is 0 Å². The number of carbonyl (C=O) groups excluding carboxylic acids is 4. The molecule has 12 heteroatoms. The van der Waals surface area contributed by atoms with Crippen molar-refractivity contribution < 1.29 is 33.0 Å². The Hall–Kier alpha value is -4.41. The first-order chi connectivity index (χ1) is 18.2. The van der Waals surface area contributed by atoms with Gasteiger partial charge in [0.25, 0.3) is 17.7 Å². The van der Waals surface area contributed by atoms with E-state index in [1.807, 2.05) is 0 Å². The number of carbonyl (C=O) groups is 4. The van der Waals surface area contributed by atoms with Gasteiger partial charge in [0.05, 0.1) is 28.5 Å². The van der Waals surface area contributed by atoms with E-state index in [0.717, 1.165) is 4.90 Å². The summed E-state index contributed by atoms with van der Waals surface area (Å²) in [6.45, 7) is -0.438. The summed E-state index contributed by atoms with van der Waals surface area (Å²) in [6, 6.07) is 13.4. The van der Waals surface area contributed by atoms with Crippen molar-refractivity contribution in [3.05, 3.63) is 87.7 Å². The molecule has 0 saturated carbocycles. The smallest absolute Gasteiger partial charge is 0.335 e. The van der Waals surface area contributed by atoms with Crippen LogP contribution in [0.25, 0.3) is 6.08 Å². The van der Waals surface area contributed by atoms with Gasteiger partial charge in [-0.2, -0.15) is 0 Å². The van der Waals surface area contributed by atoms with Gasteiger partial charge >= 0.3 is 6.03 Å². The van der Waals surface area contributed by atoms with Crippen molar-refractivity contribution in [2.24, 2.45) is 0 Å². The monoisotopic (exact) mass is 557 g/mol. The van der Waals surface area contributed by atoms with Gasteiger partial charge in [0.15, 0.2) is 18.1 Å². The summed E-state index contributed by atoms with van der Waals surface area (Å²) in [5.74, 6) is -2.57. The fourth-order valence-corrected chi connectivity index (χ4v) is 3.76. The third kappa shape index (κ3) is 5.77. The third-order valence-electron chi connectivity index (χ3n) is 5.27. The summed E-state index contributed by atoms with van der Waals surface area (Å²) in [5, 5.41) is 4.87. The number of anilines is 2. The minimum absolute atomic E-state index is 0.0128. The molecule has 0 aromatic heterocycles. The zero-order valence-electron chi connectivity index (χ0n) is 19.6. The number of para-hydroxylation sites is 1. The lowest BCUT2D eigenvalue weighted by atomic mass is 10.1. The van der Waals surface area contributed by atoms with Crippen molar-refractivity contribution in [1.29, 1.82) is 0 Å². The summed E-state index contributed by atoms with van der Waals surface area (Å²) in [7, 11) is 1.36. The summed E-state index contributed by atoms with van der Waals surface area (Å²) in [4.78, 5) is 50.9. The van der Waals surface area contributed by atoms with Crippen LogP contribution in [-0.2, 0) is 14.4 Å². The van der Waals surface area contributed by atoms with E-state index in [1.54, 1.807) is 6.07 Å². The number of nitrogens with zero attached hydrogens (tertiary/aromatic N) is 1. The highest BCUT2D eigenvalue weighted by Gasteiger charge is 2.37. The van der Waals surface area contributed by atoms with Crippen LogP contribution in [-0.4, -0.2) is 37.5 Å². The third-order valence-corrected chi connectivity index (χ3v) is 6.01. The second-order valence-electron chi connectivity index (χ2n) is 7.78. The Kier molecular flexibility index (Phi) is 7.94. The number of urea groups is 1. The quantitative estimate of drug-likeness (QED) is 0.318. The molecule has 1 heterocycles. The van der Waals surface area contributed by atoms with Crippen molar-refractivity contribution in [2.75, 3.05) is 23.9 Å². The Labute approximate surface area is 225 Å². The number of hydrogen-bond donors (Lipinski definition) is 2. The van der Waals surface area contributed by atoms with Crippen LogP contribution in [0.4, 0.5) is 20.6 Å². The molecule has 1 saturated heterocycles. The van der Waals surface area contributed by atoms with Gasteiger partial charge in [-0.25, -0.2) is 14.1 Å². The molecule has 1 aliphatic rings. The molecule has 0 spiro atoms. The Morgan fingerprint density at radius 3 is 2.50 bits per heavy atom. The van der Waals surface area contributed by atoms with Gasteiger partial charge in [0, 0.05) is 0 Å². The fraction of sp³-hybridized carbons (Fsp3) is 0.0769. The maximum absolute atomic E-state index is 13.7. The molecule has 5 amide bonds. The van der Waals surface area contributed by atoms with E-state index in [4.69, 9.17) is 32.7 Å². The summed E-state index contributed by atoms with van der Waals surface area (Å²) in [6.07, 6.45) is 1.27. The molecular formula is C26H18Cl2FN3O6. The van der Waals surface area contributed by atoms with Gasteiger partial charge in [-0.3, -0.25) is 19.7 Å². The largest absolute Gasteiger partial charge is 0.493 e. The molecule has 1 aliphatic heterocycles. The molecule has 9 nitrogen and oxygen atoms in total. The standard InChI is InChI=1S/C26H18Cl2FN3O6/c1-37-22-11-14(6-9-21(22)38-13-23(33)30-20-5-3-2-4-19(20)29)10-16-24(34)31-26(36)32(25(16)35)15-7-8-17(27)18(28)12-15/h2-12H,13H2,1H3,(H,30,33)(H,31,34,36)/b16-10-. The summed E-state index contributed by atoms with van der Waals surface area (Å²) < 4.78 is 24.5. The highest BCUT2D eigenvalue weighted by atomic mass is 35.5. The van der Waals surface area contributed by atoms with E-state index in [1.165, 1.54) is 67.8 Å². The first kappa shape index (κ1) is 26.6. The molecule has 4 rings (SSSR count). The zero-order valence-corrected chi connectivity index (χ0v) is 21.1. The average Bonchev–Trinajstić information content (AvgIpc) is 2.89. The summed E-state index contributed by atoms with van der Waals surface area (Å²) >= 11 is 11.9. The Balaban J connectivity index is 1.53. The molecular weight excluding hydrogens is 540 g/mol. The van der Waals surface area contributed by atoms with Crippen LogP contribution in [0.2, 0.25) is 10.0 Å². The molecule has 0 atom stereocenters. The van der Waals surface area contributed by atoms with E-state index >= 15 is 0 Å². The normalized spacial score (nSPS) is 14.4. The first-order valence-corrected chi connectivity index (χ1v) is 11.6. The van der Waals surface area contributed by atoms with Crippen LogP contribution >= 0.6 is 23.2 Å². The number of ether oxygens (including phenoxy) is 2. The Morgan fingerprint density at radius 2 is 1.79 bits per heavy atom. The number of nitrogens with one attached hydrogen (secondary N) is 2. The number of hydrogen-bond acceptors (Lipinski definition) is 6. The lowest BCUT2D eigenvalue weighted by molar-refractivity contribution is -0.122. The lowest BCUT2D eigenvalue weighted by Crippen LogP contribution is -2.54. The fourth-order valence-electron chi connectivity index (χ4n) is 3.47. The Morgan fingerprint density at radius 1 is 1.03 bits per heavy atom. The molecule has 0 radical (unpaired) electrons. The topological polar surface area (TPSA) is 114 Å². The van der Waals surface area contributed by atoms with E-state index in [9.17, 15) is 23.6 Å². The summed E-state index contributed by atoms with van der Waals surface area (Å²) in [5.41, 5.74) is 0.178. The predicted octanol–water partition coefficient (Wildman–Crippen LogP) is 4.83. The van der Waals surface area contributed by atoms with Crippen LogP contribution in [0, 0.1) is 5.82 Å². The molecule has 3 aromatic rings. The van der Waals surface area contributed by atoms with E-state index in [2.05, 4.69) is 10.6 Å². The van der Waals surface area contributed by atoms with Gasteiger partial charge in [-0.1, -0.05) is 41.4 Å². The number of barbiturate groups is 1. The molecule has 1 fully saturated rings. The number of halogens is 3. The average molecular weight is 558 g/mol. The molecule has 3 aromatic carbocycles. The van der Waals surface area contributed by atoms with E-state index in [0.29, 0.717) is 5.56 Å². The van der Waals surface area contributed by atoms with Gasteiger partial charge in [0.2, 0.25) is 0 Å². The van der Waals surface area contributed by atoms with E-state index in [-0.39, 0.29) is 38.5 Å². The maximum atomic E-state index is 13.7. The van der Waals surface area contributed by atoms with Crippen molar-refractivity contribution in [1.82, 2.24) is 5.32 Å². The number of benzene rings is 3. The molecule has 0 bridgehead atoms. The van der Waals surface area contributed by atoms with Crippen LogP contribution in [0.3, 0.4) is 0 Å². The number of rotatable bonds is 7. The van der Waals surface area contributed by atoms with Crippen LogP contribution in [0.15, 0.2) is 66.2 Å². The number of methoxy groups -OCH3 is 1. The molecule has 38 heavy (non-hydrogen) atoms. The van der Waals surface area contributed by atoms with E-state index < -0.39 is 36.2 Å².